The predicted molar refractivity (Wildman–Crippen MR) is 148 cm³/mol. The Bertz CT molecular complexity index is 1040. The van der Waals surface area contributed by atoms with Crippen LogP contribution in [0.4, 0.5) is 0 Å². The van der Waals surface area contributed by atoms with Crippen LogP contribution in [0.1, 0.15) is 61.1 Å². The first-order valence-corrected chi connectivity index (χ1v) is 15.7. The van der Waals surface area contributed by atoms with Crippen LogP contribution in [0.15, 0.2) is 48.5 Å². The normalized spacial score (nSPS) is 16.2. The van der Waals surface area contributed by atoms with E-state index in [-0.39, 0.29) is 11.0 Å². The zero-order valence-electron chi connectivity index (χ0n) is 22.7. The number of ether oxygens (including phenoxy) is 1. The largest absolute Gasteiger partial charge is 0.466 e. The molecular formula is C30H43NO3Si. The van der Waals surface area contributed by atoms with Gasteiger partial charge in [-0.25, -0.2) is 4.79 Å². The monoisotopic (exact) mass is 493 g/mol. The summed E-state index contributed by atoms with van der Waals surface area (Å²) in [5.41, 5.74) is 6.62. The molecule has 190 valence electrons. The molecule has 0 fully saturated rings. The molecule has 5 heteroatoms. The molecular weight excluding hydrogens is 450 g/mol. The van der Waals surface area contributed by atoms with Crippen molar-refractivity contribution in [3.8, 4) is 0 Å². The molecule has 1 aliphatic rings. The number of hydrogen-bond acceptors (Lipinski definition) is 4. The molecule has 2 aromatic carbocycles. The Hall–Kier alpha value is -2.21. The summed E-state index contributed by atoms with van der Waals surface area (Å²) in [4.78, 5) is 14.1. The third kappa shape index (κ3) is 7.15. The molecule has 0 N–H and O–H groups in total. The smallest absolute Gasteiger partial charge is 0.330 e. The zero-order chi connectivity index (χ0) is 25.6. The second kappa shape index (κ2) is 11.7. The van der Waals surface area contributed by atoms with Gasteiger partial charge in [0.15, 0.2) is 8.32 Å². The molecule has 0 amide bonds. The van der Waals surface area contributed by atoms with Gasteiger partial charge in [0.25, 0.3) is 0 Å². The molecule has 2 aromatic rings. The van der Waals surface area contributed by atoms with E-state index in [0.717, 1.165) is 44.5 Å². The van der Waals surface area contributed by atoms with Crippen LogP contribution in [-0.4, -0.2) is 46.0 Å². The van der Waals surface area contributed by atoms with E-state index in [0.29, 0.717) is 6.04 Å². The fourth-order valence-electron chi connectivity index (χ4n) is 4.54. The van der Waals surface area contributed by atoms with Crippen LogP contribution < -0.4 is 0 Å². The maximum atomic E-state index is 11.5. The average molecular weight is 494 g/mol. The van der Waals surface area contributed by atoms with Gasteiger partial charge in [0.2, 0.25) is 0 Å². The van der Waals surface area contributed by atoms with Crippen molar-refractivity contribution < 1.29 is 14.0 Å². The van der Waals surface area contributed by atoms with Crippen LogP contribution >= 0.6 is 0 Å². The molecule has 0 bridgehead atoms. The Morgan fingerprint density at radius 3 is 2.57 bits per heavy atom. The van der Waals surface area contributed by atoms with Gasteiger partial charge in [0.05, 0.1) is 7.11 Å². The minimum Gasteiger partial charge on any atom is -0.466 e. The number of hydrogen-bond donors (Lipinski definition) is 0. The van der Waals surface area contributed by atoms with Gasteiger partial charge in [0, 0.05) is 31.8 Å². The summed E-state index contributed by atoms with van der Waals surface area (Å²) >= 11 is 0. The molecule has 0 saturated heterocycles. The van der Waals surface area contributed by atoms with Crippen molar-refractivity contribution in [3.63, 3.8) is 0 Å². The van der Waals surface area contributed by atoms with Gasteiger partial charge in [0.1, 0.15) is 0 Å². The van der Waals surface area contributed by atoms with Gasteiger partial charge in [-0.15, -0.1) is 0 Å². The first-order chi connectivity index (χ1) is 16.5. The van der Waals surface area contributed by atoms with Crippen molar-refractivity contribution in [2.45, 2.75) is 71.1 Å². The lowest BCUT2D eigenvalue weighted by atomic mass is 10.0. The molecule has 4 nitrogen and oxygen atoms in total. The summed E-state index contributed by atoms with van der Waals surface area (Å²) < 4.78 is 11.3. The van der Waals surface area contributed by atoms with Crippen molar-refractivity contribution in [2.75, 3.05) is 26.8 Å². The van der Waals surface area contributed by atoms with E-state index in [4.69, 9.17) is 9.16 Å². The first kappa shape index (κ1) is 27.4. The minimum atomic E-state index is -1.78. The summed E-state index contributed by atoms with van der Waals surface area (Å²) in [7, 11) is -0.377. The number of fused-ring (bicyclic) bond motifs is 1. The molecule has 0 heterocycles. The molecule has 0 spiro atoms. The maximum Gasteiger partial charge on any atom is 0.330 e. The molecule has 0 aromatic heterocycles. The van der Waals surface area contributed by atoms with E-state index in [1.165, 1.54) is 35.4 Å². The first-order valence-electron chi connectivity index (χ1n) is 12.8. The number of benzene rings is 2. The lowest BCUT2D eigenvalue weighted by Crippen LogP contribution is -2.43. The second-order valence-electron chi connectivity index (χ2n) is 11.2. The molecule has 3 rings (SSSR count). The molecule has 1 aliphatic carbocycles. The van der Waals surface area contributed by atoms with Crippen LogP contribution in [0.3, 0.4) is 0 Å². The number of carbonyl (C=O) groups excluding carboxylic acids is 1. The Morgan fingerprint density at radius 1 is 1.14 bits per heavy atom. The Morgan fingerprint density at radius 2 is 1.89 bits per heavy atom. The topological polar surface area (TPSA) is 38.8 Å². The van der Waals surface area contributed by atoms with Gasteiger partial charge in [-0.1, -0.05) is 63.2 Å². The molecule has 0 saturated carbocycles. The van der Waals surface area contributed by atoms with Gasteiger partial charge in [-0.05, 0) is 78.2 Å². The SMILES string of the molecule is COC(=O)C=Cc1ccc2c(c1)CCC2N(CCO[Si](C)(C)C(C)(C)C)CCc1ccccc1C. The Labute approximate surface area is 213 Å². The van der Waals surface area contributed by atoms with Crippen LogP contribution in [0.2, 0.25) is 18.1 Å². The third-order valence-electron chi connectivity index (χ3n) is 7.84. The van der Waals surface area contributed by atoms with Crippen molar-refractivity contribution in [1.82, 2.24) is 4.90 Å². The van der Waals surface area contributed by atoms with E-state index in [2.05, 4.69) is 88.2 Å². The highest BCUT2D eigenvalue weighted by atomic mass is 28.4. The van der Waals surface area contributed by atoms with Crippen LogP contribution in [0, 0.1) is 6.92 Å². The highest BCUT2D eigenvalue weighted by molar-refractivity contribution is 6.74. The third-order valence-corrected chi connectivity index (χ3v) is 12.4. The summed E-state index contributed by atoms with van der Waals surface area (Å²) in [5.74, 6) is -0.326. The Balaban J connectivity index is 1.76. The second-order valence-corrected chi connectivity index (χ2v) is 16.0. The lowest BCUT2D eigenvalue weighted by Gasteiger charge is -2.37. The highest BCUT2D eigenvalue weighted by Crippen LogP contribution is 2.38. The summed E-state index contributed by atoms with van der Waals surface area (Å²) in [6.45, 7) is 16.5. The summed E-state index contributed by atoms with van der Waals surface area (Å²) in [6, 6.07) is 15.7. The maximum absolute atomic E-state index is 11.5. The van der Waals surface area contributed by atoms with Gasteiger partial charge in [-0.2, -0.15) is 0 Å². The fourth-order valence-corrected chi connectivity index (χ4v) is 5.58. The van der Waals surface area contributed by atoms with Gasteiger partial charge >= 0.3 is 5.97 Å². The number of aryl methyl sites for hydroxylation is 2. The predicted octanol–water partition coefficient (Wildman–Crippen LogP) is 6.74. The van der Waals surface area contributed by atoms with E-state index in [1.807, 2.05) is 6.08 Å². The number of esters is 1. The standard InChI is InChI=1S/C30H43NO3Si/c1-23-10-8-9-11-25(23)18-19-31(20-21-34-35(6,7)30(2,3)4)28-16-14-26-22-24(12-15-27(26)28)13-17-29(32)33-5/h8-13,15,17,22,28H,14,16,18-21H2,1-7H3. The van der Waals surface area contributed by atoms with Crippen molar-refractivity contribution in [1.29, 1.82) is 0 Å². The molecule has 35 heavy (non-hydrogen) atoms. The molecule has 1 unspecified atom stereocenters. The fraction of sp³-hybridized carbons (Fsp3) is 0.500. The van der Waals surface area contributed by atoms with Crippen LogP contribution in [-0.2, 0) is 26.8 Å². The van der Waals surface area contributed by atoms with Crippen LogP contribution in [0.25, 0.3) is 6.08 Å². The van der Waals surface area contributed by atoms with Crippen molar-refractivity contribution in [3.05, 3.63) is 76.4 Å². The van der Waals surface area contributed by atoms with Crippen molar-refractivity contribution in [2.24, 2.45) is 0 Å². The number of nitrogens with zero attached hydrogens (tertiary/aromatic N) is 1. The van der Waals surface area contributed by atoms with E-state index in [1.54, 1.807) is 0 Å². The number of carbonyl (C=O) groups is 1. The van der Waals surface area contributed by atoms with E-state index >= 15 is 0 Å². The van der Waals surface area contributed by atoms with Crippen molar-refractivity contribution >= 4 is 20.4 Å². The van der Waals surface area contributed by atoms with Gasteiger partial charge < -0.3 is 9.16 Å². The zero-order valence-corrected chi connectivity index (χ0v) is 23.7. The quantitative estimate of drug-likeness (QED) is 0.209. The van der Waals surface area contributed by atoms with Gasteiger partial charge in [-0.3, -0.25) is 4.90 Å². The average Bonchev–Trinajstić information content (AvgIpc) is 3.23. The molecule has 1 atom stereocenters. The van der Waals surface area contributed by atoms with Crippen LogP contribution in [0.5, 0.6) is 0 Å². The minimum absolute atomic E-state index is 0.215. The summed E-state index contributed by atoms with van der Waals surface area (Å²) in [5, 5.41) is 0.215. The van der Waals surface area contributed by atoms with E-state index < -0.39 is 8.32 Å². The number of rotatable bonds is 10. The highest BCUT2D eigenvalue weighted by Gasteiger charge is 2.37. The molecule has 0 radical (unpaired) electrons. The number of methoxy groups -OCH3 is 1. The lowest BCUT2D eigenvalue weighted by molar-refractivity contribution is -0.134. The Kier molecular flexibility index (Phi) is 9.14. The summed E-state index contributed by atoms with van der Waals surface area (Å²) in [6.07, 6.45) is 6.54. The van der Waals surface area contributed by atoms with E-state index in [9.17, 15) is 4.79 Å². The molecule has 0 aliphatic heterocycles.